The molecule has 2 aliphatic heterocycles. The number of hydrogen-bond acceptors (Lipinski definition) is 4. The van der Waals surface area contributed by atoms with E-state index < -0.39 is 10.2 Å². The van der Waals surface area contributed by atoms with Crippen LogP contribution in [0.4, 0.5) is 5.69 Å². The van der Waals surface area contributed by atoms with Crippen LogP contribution in [0.25, 0.3) is 0 Å². The summed E-state index contributed by atoms with van der Waals surface area (Å²) in [5.41, 5.74) is 2.90. The Kier molecular flexibility index (Phi) is 4.96. The van der Waals surface area contributed by atoms with E-state index in [1.54, 1.807) is 4.90 Å². The Hall–Kier alpha value is -1.35. The topological polar surface area (TPSA) is 95.7 Å². The maximum Gasteiger partial charge on any atom is 0.277 e. The predicted octanol–water partition coefficient (Wildman–Crippen LogP) is 0.0377. The molecule has 0 bridgehead atoms. The average molecular weight is 347 g/mol. The third-order valence-corrected chi connectivity index (χ3v) is 5.03. The van der Waals surface area contributed by atoms with Gasteiger partial charge < -0.3 is 10.2 Å². The van der Waals surface area contributed by atoms with Crippen LogP contribution in [0.15, 0.2) is 18.2 Å². The molecule has 122 valence electrons. The molecule has 0 spiro atoms. The van der Waals surface area contributed by atoms with Crippen LogP contribution in [0.5, 0.6) is 0 Å². The molecule has 9 heteroatoms. The zero-order valence-corrected chi connectivity index (χ0v) is 13.6. The third kappa shape index (κ3) is 3.35. The van der Waals surface area contributed by atoms with Crippen molar-refractivity contribution in [3.63, 3.8) is 0 Å². The van der Waals surface area contributed by atoms with Gasteiger partial charge in [0.1, 0.15) is 0 Å². The van der Waals surface area contributed by atoms with E-state index in [4.69, 9.17) is 5.14 Å². The Morgan fingerprint density at radius 2 is 1.86 bits per heavy atom. The zero-order valence-electron chi connectivity index (χ0n) is 12.0. The first kappa shape index (κ1) is 17.0. The Bertz CT molecular complexity index is 672. The Morgan fingerprint density at radius 1 is 1.18 bits per heavy atom. The summed E-state index contributed by atoms with van der Waals surface area (Å²) in [5.74, 6) is -0.0567. The molecule has 3 rings (SSSR count). The lowest BCUT2D eigenvalue weighted by atomic mass is 10.1. The van der Waals surface area contributed by atoms with Gasteiger partial charge in [-0.2, -0.15) is 12.7 Å². The minimum Gasteiger partial charge on any atom is -0.384 e. The van der Waals surface area contributed by atoms with E-state index in [-0.39, 0.29) is 31.4 Å². The van der Waals surface area contributed by atoms with Crippen LogP contribution in [0.1, 0.15) is 15.9 Å². The minimum absolute atomic E-state index is 0. The molecule has 1 fully saturated rings. The van der Waals surface area contributed by atoms with Crippen LogP contribution in [-0.2, 0) is 16.6 Å². The van der Waals surface area contributed by atoms with Crippen molar-refractivity contribution in [2.24, 2.45) is 5.14 Å². The number of carbonyl (C=O) groups excluding carboxylic acids is 1. The van der Waals surface area contributed by atoms with E-state index in [0.717, 1.165) is 24.2 Å². The summed E-state index contributed by atoms with van der Waals surface area (Å²) in [6.45, 7) is 2.13. The van der Waals surface area contributed by atoms with Gasteiger partial charge in [-0.15, -0.1) is 12.4 Å². The van der Waals surface area contributed by atoms with Crippen LogP contribution in [0, 0.1) is 0 Å². The first-order chi connectivity index (χ1) is 9.95. The number of rotatable bonds is 2. The largest absolute Gasteiger partial charge is 0.384 e. The molecule has 2 heterocycles. The van der Waals surface area contributed by atoms with Crippen molar-refractivity contribution >= 4 is 34.2 Å². The molecular weight excluding hydrogens is 328 g/mol. The number of carbonyl (C=O) groups is 1. The van der Waals surface area contributed by atoms with Crippen molar-refractivity contribution in [3.8, 4) is 0 Å². The monoisotopic (exact) mass is 346 g/mol. The van der Waals surface area contributed by atoms with Crippen molar-refractivity contribution in [3.05, 3.63) is 29.3 Å². The molecule has 2 aliphatic rings. The van der Waals surface area contributed by atoms with Crippen molar-refractivity contribution in [1.29, 1.82) is 0 Å². The number of piperazine rings is 1. The fourth-order valence-electron chi connectivity index (χ4n) is 2.77. The quantitative estimate of drug-likeness (QED) is 0.790. The molecule has 1 aromatic rings. The van der Waals surface area contributed by atoms with Crippen molar-refractivity contribution in [2.75, 3.05) is 38.0 Å². The maximum absolute atomic E-state index is 12.5. The molecule has 1 amide bonds. The highest BCUT2D eigenvalue weighted by molar-refractivity contribution is 7.86. The van der Waals surface area contributed by atoms with Crippen molar-refractivity contribution in [2.45, 2.75) is 6.42 Å². The predicted molar refractivity (Wildman–Crippen MR) is 86.5 cm³/mol. The lowest BCUT2D eigenvalue weighted by Crippen LogP contribution is -2.52. The Balaban J connectivity index is 0.00000176. The van der Waals surface area contributed by atoms with Crippen LogP contribution >= 0.6 is 12.4 Å². The minimum atomic E-state index is -3.66. The van der Waals surface area contributed by atoms with E-state index in [0.29, 0.717) is 18.7 Å². The van der Waals surface area contributed by atoms with Crippen molar-refractivity contribution in [1.82, 2.24) is 9.21 Å². The second-order valence-electron chi connectivity index (χ2n) is 5.28. The van der Waals surface area contributed by atoms with Crippen LogP contribution < -0.4 is 10.5 Å². The molecule has 0 radical (unpaired) electrons. The third-order valence-electron chi connectivity index (χ3n) is 3.95. The number of anilines is 1. The standard InChI is InChI=1S/C13H18N4O3S.ClH/c14-21(19,20)17-7-5-16(6-8-17)13(18)11-1-2-12-10(9-11)3-4-15-12;/h1-2,9,15H,3-8H2,(H2,14,19,20);1H. The Labute approximate surface area is 136 Å². The number of nitrogens with two attached hydrogens (primary N) is 1. The lowest BCUT2D eigenvalue weighted by Gasteiger charge is -2.33. The molecule has 1 saturated heterocycles. The highest BCUT2D eigenvalue weighted by atomic mass is 35.5. The van der Waals surface area contributed by atoms with Gasteiger partial charge in [0.25, 0.3) is 16.1 Å². The van der Waals surface area contributed by atoms with E-state index in [2.05, 4.69) is 5.32 Å². The highest BCUT2D eigenvalue weighted by Crippen LogP contribution is 2.23. The van der Waals surface area contributed by atoms with E-state index in [1.807, 2.05) is 18.2 Å². The van der Waals surface area contributed by atoms with E-state index in [1.165, 1.54) is 4.31 Å². The van der Waals surface area contributed by atoms with Gasteiger partial charge >= 0.3 is 0 Å². The van der Waals surface area contributed by atoms with Gasteiger partial charge in [0.05, 0.1) is 0 Å². The van der Waals surface area contributed by atoms with Gasteiger partial charge in [0.15, 0.2) is 0 Å². The number of nitrogens with zero attached hydrogens (tertiary/aromatic N) is 2. The highest BCUT2D eigenvalue weighted by Gasteiger charge is 2.27. The molecule has 22 heavy (non-hydrogen) atoms. The molecule has 0 aliphatic carbocycles. The first-order valence-corrected chi connectivity index (χ1v) is 8.39. The van der Waals surface area contributed by atoms with Gasteiger partial charge in [-0.1, -0.05) is 0 Å². The number of hydrogen-bond donors (Lipinski definition) is 2. The number of fused-ring (bicyclic) bond motifs is 1. The van der Waals surface area contributed by atoms with Gasteiger partial charge in [0, 0.05) is 44.0 Å². The zero-order chi connectivity index (χ0) is 15.0. The molecule has 1 aromatic carbocycles. The Morgan fingerprint density at radius 3 is 2.50 bits per heavy atom. The van der Waals surface area contributed by atoms with Crippen LogP contribution in [0.3, 0.4) is 0 Å². The molecule has 3 N–H and O–H groups in total. The first-order valence-electron chi connectivity index (χ1n) is 6.89. The number of halogens is 1. The fourth-order valence-corrected chi connectivity index (χ4v) is 3.44. The van der Waals surface area contributed by atoms with Gasteiger partial charge in [0.2, 0.25) is 0 Å². The summed E-state index contributed by atoms with van der Waals surface area (Å²) in [6, 6.07) is 5.66. The summed E-state index contributed by atoms with van der Waals surface area (Å²) >= 11 is 0. The number of benzene rings is 1. The second kappa shape index (κ2) is 6.41. The smallest absolute Gasteiger partial charge is 0.277 e. The van der Waals surface area contributed by atoms with Gasteiger partial charge in [-0.3, -0.25) is 4.79 Å². The SMILES string of the molecule is Cl.NS(=O)(=O)N1CCN(C(=O)c2ccc3c(c2)CCN3)CC1. The van der Waals surface area contributed by atoms with Gasteiger partial charge in [-0.05, 0) is 30.2 Å². The summed E-state index contributed by atoms with van der Waals surface area (Å²) in [6.07, 6.45) is 0.926. The number of amides is 1. The van der Waals surface area contributed by atoms with Crippen molar-refractivity contribution < 1.29 is 13.2 Å². The average Bonchev–Trinajstić information content (AvgIpc) is 2.93. The lowest BCUT2D eigenvalue weighted by molar-refractivity contribution is 0.0698. The summed E-state index contributed by atoms with van der Waals surface area (Å²) in [7, 11) is -3.66. The van der Waals surface area contributed by atoms with Crippen LogP contribution in [-0.4, -0.2) is 56.3 Å². The van der Waals surface area contributed by atoms with E-state index in [9.17, 15) is 13.2 Å². The molecule has 0 atom stereocenters. The molecule has 0 unspecified atom stereocenters. The molecule has 7 nitrogen and oxygen atoms in total. The summed E-state index contributed by atoms with van der Waals surface area (Å²) < 4.78 is 23.7. The van der Waals surface area contributed by atoms with Crippen LogP contribution in [0.2, 0.25) is 0 Å². The molecule has 0 saturated carbocycles. The maximum atomic E-state index is 12.5. The normalized spacial score (nSPS) is 18.3. The summed E-state index contributed by atoms with van der Waals surface area (Å²) in [4.78, 5) is 14.1. The molecular formula is C13H19ClN4O3S. The van der Waals surface area contributed by atoms with E-state index >= 15 is 0 Å². The van der Waals surface area contributed by atoms with Gasteiger partial charge in [-0.25, -0.2) is 5.14 Å². The number of nitrogens with one attached hydrogen (secondary N) is 1. The summed E-state index contributed by atoms with van der Waals surface area (Å²) in [5, 5.41) is 8.35. The fraction of sp³-hybridized carbons (Fsp3) is 0.462. The molecule has 0 aromatic heterocycles. The second-order valence-corrected chi connectivity index (χ2v) is 6.83.